The van der Waals surface area contributed by atoms with Crippen LogP contribution in [0.25, 0.3) is 0 Å². The number of amides is 5. The predicted molar refractivity (Wildman–Crippen MR) is 168 cm³/mol. The van der Waals surface area contributed by atoms with Gasteiger partial charge in [0.25, 0.3) is 0 Å². The van der Waals surface area contributed by atoms with Crippen LogP contribution < -0.4 is 21.3 Å². The lowest BCUT2D eigenvalue weighted by molar-refractivity contribution is -0.143. The lowest BCUT2D eigenvalue weighted by Gasteiger charge is -2.33. The van der Waals surface area contributed by atoms with Gasteiger partial charge in [0.05, 0.1) is 0 Å². The van der Waals surface area contributed by atoms with Crippen LogP contribution in [0.15, 0.2) is 30.3 Å². The van der Waals surface area contributed by atoms with Crippen LogP contribution in [0.4, 0.5) is 0 Å². The summed E-state index contributed by atoms with van der Waals surface area (Å²) in [6.45, 7) is 15.4. The smallest absolute Gasteiger partial charge is 0.245 e. The number of hydrogen-bond acceptors (Lipinski definition) is 5. The molecule has 0 bridgehead atoms. The first-order chi connectivity index (χ1) is 20.1. The van der Waals surface area contributed by atoms with Crippen LogP contribution in [0.2, 0.25) is 0 Å². The monoisotopic (exact) mass is 599 g/mol. The van der Waals surface area contributed by atoms with Crippen LogP contribution in [0.1, 0.15) is 80.2 Å². The molecule has 1 heterocycles. The number of benzene rings is 1. The molecule has 0 saturated carbocycles. The maximum absolute atomic E-state index is 13.9. The zero-order valence-electron chi connectivity index (χ0n) is 27.4. The van der Waals surface area contributed by atoms with Gasteiger partial charge in [-0.3, -0.25) is 24.0 Å². The fraction of sp³-hybridized carbons (Fsp3) is 0.667. The van der Waals surface area contributed by atoms with Gasteiger partial charge in [-0.15, -0.1) is 0 Å². The van der Waals surface area contributed by atoms with Gasteiger partial charge in [-0.25, -0.2) is 0 Å². The number of carbonyl (C=O) groups is 5. The van der Waals surface area contributed by atoms with Gasteiger partial charge < -0.3 is 26.2 Å². The molecular weight excluding hydrogens is 546 g/mol. The Bertz CT molecular complexity index is 1100. The lowest BCUT2D eigenvalue weighted by Crippen LogP contribution is -2.59. The fourth-order valence-electron chi connectivity index (χ4n) is 5.33. The maximum atomic E-state index is 13.9. The van der Waals surface area contributed by atoms with Crippen molar-refractivity contribution >= 4 is 29.5 Å². The molecule has 0 aliphatic carbocycles. The molecule has 1 fully saturated rings. The first-order valence-corrected chi connectivity index (χ1v) is 15.6. The minimum absolute atomic E-state index is 0.0590. The van der Waals surface area contributed by atoms with Gasteiger partial charge in [-0.2, -0.15) is 0 Å². The van der Waals surface area contributed by atoms with E-state index in [0.717, 1.165) is 5.56 Å². The van der Waals surface area contributed by atoms with E-state index in [1.165, 1.54) is 4.90 Å². The zero-order chi connectivity index (χ0) is 32.4. The van der Waals surface area contributed by atoms with Gasteiger partial charge >= 0.3 is 0 Å². The molecule has 1 saturated heterocycles. The number of hydrogen-bond donors (Lipinski definition) is 4. The number of likely N-dealkylation sites (N-methyl/N-ethyl adjacent to an activating group) is 1. The summed E-state index contributed by atoms with van der Waals surface area (Å²) in [5, 5.41) is 11.5. The van der Waals surface area contributed by atoms with Crippen molar-refractivity contribution < 1.29 is 24.0 Å². The highest BCUT2D eigenvalue weighted by molar-refractivity contribution is 5.98. The summed E-state index contributed by atoms with van der Waals surface area (Å²) in [5.74, 6) is -2.42. The molecule has 0 radical (unpaired) electrons. The van der Waals surface area contributed by atoms with E-state index in [2.05, 4.69) is 21.3 Å². The van der Waals surface area contributed by atoms with E-state index in [9.17, 15) is 24.0 Å². The van der Waals surface area contributed by atoms with Gasteiger partial charge in [-0.05, 0) is 48.5 Å². The molecule has 4 N–H and O–H groups in total. The van der Waals surface area contributed by atoms with E-state index in [4.69, 9.17) is 0 Å². The topological polar surface area (TPSA) is 137 Å². The molecule has 5 amide bonds. The number of nitrogens with zero attached hydrogens (tertiary/aromatic N) is 1. The van der Waals surface area contributed by atoms with E-state index in [-0.39, 0.29) is 30.1 Å². The number of nitrogens with one attached hydrogen (secondary N) is 4. The van der Waals surface area contributed by atoms with Gasteiger partial charge in [-0.1, -0.05) is 85.7 Å². The van der Waals surface area contributed by atoms with Crippen LogP contribution in [0, 0.1) is 23.7 Å². The molecule has 1 aromatic carbocycles. The summed E-state index contributed by atoms with van der Waals surface area (Å²) < 4.78 is 0. The average molecular weight is 600 g/mol. The van der Waals surface area contributed by atoms with Crippen molar-refractivity contribution in [3.63, 3.8) is 0 Å². The third-order valence-electron chi connectivity index (χ3n) is 7.64. The first-order valence-electron chi connectivity index (χ1n) is 15.6. The molecule has 5 atom stereocenters. The SMILES string of the molecule is CC(C)C[C@@H]1NC(=O)[C@H](C(C)C)NC(=O)[C@@H](CC(C)C)NC(=O)[C@@H](Cc2ccccc2)NC(=O)[C@H](CC(C)C)N(C)C1=O. The van der Waals surface area contributed by atoms with Crippen LogP contribution in [-0.2, 0) is 30.4 Å². The Morgan fingerprint density at radius 1 is 0.605 bits per heavy atom. The molecule has 43 heavy (non-hydrogen) atoms. The van der Waals surface area contributed by atoms with E-state index in [0.29, 0.717) is 19.3 Å². The number of rotatable bonds is 9. The van der Waals surface area contributed by atoms with Gasteiger partial charge in [0.1, 0.15) is 30.2 Å². The van der Waals surface area contributed by atoms with Gasteiger partial charge in [0.2, 0.25) is 29.5 Å². The second-order valence-corrected chi connectivity index (χ2v) is 13.5. The summed E-state index contributed by atoms with van der Waals surface area (Å²) in [6, 6.07) is 4.71. The third kappa shape index (κ3) is 11.0. The van der Waals surface area contributed by atoms with Crippen LogP contribution in [0.5, 0.6) is 0 Å². The molecule has 10 nitrogen and oxygen atoms in total. The van der Waals surface area contributed by atoms with E-state index in [1.807, 2.05) is 85.7 Å². The van der Waals surface area contributed by atoms with E-state index in [1.54, 1.807) is 7.05 Å². The molecule has 2 rings (SSSR count). The molecule has 10 heteroatoms. The highest BCUT2D eigenvalue weighted by Crippen LogP contribution is 2.17. The summed E-state index contributed by atoms with van der Waals surface area (Å²) in [7, 11) is 1.57. The summed E-state index contributed by atoms with van der Waals surface area (Å²) in [4.78, 5) is 70.2. The van der Waals surface area contributed by atoms with Gasteiger partial charge in [0, 0.05) is 13.5 Å². The predicted octanol–water partition coefficient (Wildman–Crippen LogP) is 2.80. The molecular formula is C33H53N5O5. The summed E-state index contributed by atoms with van der Waals surface area (Å²) in [6.07, 6.45) is 1.26. The van der Waals surface area contributed by atoms with Crippen molar-refractivity contribution in [1.29, 1.82) is 0 Å². The Balaban J connectivity index is 2.65. The minimum atomic E-state index is -0.993. The highest BCUT2D eigenvalue weighted by atomic mass is 16.2. The quantitative estimate of drug-likeness (QED) is 0.346. The van der Waals surface area contributed by atoms with Crippen molar-refractivity contribution in [1.82, 2.24) is 26.2 Å². The largest absolute Gasteiger partial charge is 0.343 e. The molecule has 240 valence electrons. The summed E-state index contributed by atoms with van der Waals surface area (Å²) in [5.41, 5.74) is 0.835. The van der Waals surface area contributed by atoms with Crippen molar-refractivity contribution in [3.05, 3.63) is 35.9 Å². The van der Waals surface area contributed by atoms with E-state index >= 15 is 0 Å². The van der Waals surface area contributed by atoms with Crippen molar-refractivity contribution in [2.24, 2.45) is 23.7 Å². The standard InChI is InChI=1S/C33H53N5O5/c1-19(2)15-24-30(40)37-28(22(7)8)32(42)36-26(16-20(3)4)33(43)38(9)27(17-21(5)6)31(41)35-25(29(39)34-24)18-23-13-11-10-12-14-23/h10-14,19-22,24-28H,15-18H2,1-9H3,(H,34,39)(H,35,41)(H,36,42)(H,37,40)/t24-,25-,26+,27+,28+/m1/s1. The molecule has 0 aromatic heterocycles. The van der Waals surface area contributed by atoms with Crippen LogP contribution >= 0.6 is 0 Å². The molecule has 0 unspecified atom stereocenters. The Morgan fingerprint density at radius 3 is 1.63 bits per heavy atom. The summed E-state index contributed by atoms with van der Waals surface area (Å²) >= 11 is 0. The zero-order valence-corrected chi connectivity index (χ0v) is 27.4. The Labute approximate surface area is 257 Å². The maximum Gasteiger partial charge on any atom is 0.245 e. The fourth-order valence-corrected chi connectivity index (χ4v) is 5.33. The van der Waals surface area contributed by atoms with Crippen LogP contribution in [0.3, 0.4) is 0 Å². The van der Waals surface area contributed by atoms with Crippen molar-refractivity contribution in [2.75, 3.05) is 7.05 Å². The molecule has 0 spiro atoms. The Kier molecular flexibility index (Phi) is 13.7. The second kappa shape index (κ2) is 16.4. The minimum Gasteiger partial charge on any atom is -0.343 e. The first kappa shape index (κ1) is 35.8. The van der Waals surface area contributed by atoms with Crippen molar-refractivity contribution in [3.8, 4) is 0 Å². The second-order valence-electron chi connectivity index (χ2n) is 13.5. The highest BCUT2D eigenvalue weighted by Gasteiger charge is 2.38. The van der Waals surface area contributed by atoms with E-state index < -0.39 is 59.7 Å². The molecule has 1 aromatic rings. The van der Waals surface area contributed by atoms with Crippen molar-refractivity contribution in [2.45, 2.75) is 111 Å². The molecule has 1 aliphatic rings. The lowest BCUT2D eigenvalue weighted by atomic mass is 9.97. The third-order valence-corrected chi connectivity index (χ3v) is 7.64. The normalized spacial score (nSPS) is 24.9. The van der Waals surface area contributed by atoms with Crippen LogP contribution in [-0.4, -0.2) is 71.7 Å². The molecule has 1 aliphatic heterocycles. The Hall–Kier alpha value is -3.43. The number of carbonyl (C=O) groups excluding carboxylic acids is 5. The Morgan fingerprint density at radius 2 is 1.09 bits per heavy atom. The average Bonchev–Trinajstić information content (AvgIpc) is 2.91. The van der Waals surface area contributed by atoms with Gasteiger partial charge in [0.15, 0.2) is 0 Å².